The first kappa shape index (κ1) is 11.3. The molecule has 2 heteroatoms. The van der Waals surface area contributed by atoms with Gasteiger partial charge in [-0.05, 0) is 32.7 Å². The lowest BCUT2D eigenvalue weighted by atomic mass is 9.85. The van der Waals surface area contributed by atoms with E-state index in [9.17, 15) is 0 Å². The Labute approximate surface area is 87.0 Å². The predicted octanol–water partition coefficient (Wildman–Crippen LogP) is 2.62. The van der Waals surface area contributed by atoms with Crippen molar-refractivity contribution >= 4 is 0 Å². The first-order valence-electron chi connectivity index (χ1n) is 5.62. The maximum atomic E-state index is 8.96. The van der Waals surface area contributed by atoms with Crippen molar-refractivity contribution in [2.24, 2.45) is 5.92 Å². The third-order valence-corrected chi connectivity index (χ3v) is 2.89. The molecular formula is C12H20N2. The largest absolute Gasteiger partial charge is 0.312 e. The summed E-state index contributed by atoms with van der Waals surface area (Å²) in [4.78, 5) is 0. The van der Waals surface area contributed by atoms with Crippen LogP contribution in [0.2, 0.25) is 0 Å². The first-order valence-corrected chi connectivity index (χ1v) is 5.62. The molecular weight excluding hydrogens is 172 g/mol. The minimum Gasteiger partial charge on any atom is -0.312 e. The highest BCUT2D eigenvalue weighted by molar-refractivity contribution is 4.94. The van der Waals surface area contributed by atoms with Crippen molar-refractivity contribution in [3.05, 3.63) is 12.2 Å². The zero-order valence-electron chi connectivity index (χ0n) is 9.00. The fraction of sp³-hybridized carbons (Fsp3) is 0.750. The maximum absolute atomic E-state index is 8.96. The van der Waals surface area contributed by atoms with E-state index in [1.165, 1.54) is 19.3 Å². The summed E-state index contributed by atoms with van der Waals surface area (Å²) in [5.74, 6) is 0.245. The van der Waals surface area contributed by atoms with Crippen molar-refractivity contribution in [3.8, 4) is 6.07 Å². The molecule has 0 bridgehead atoms. The van der Waals surface area contributed by atoms with E-state index in [1.54, 1.807) is 0 Å². The predicted molar refractivity (Wildman–Crippen MR) is 58.8 cm³/mol. The topological polar surface area (TPSA) is 35.8 Å². The molecule has 78 valence electrons. The average Bonchev–Trinajstić information content (AvgIpc) is 2.25. The molecule has 0 aliphatic heterocycles. The van der Waals surface area contributed by atoms with Gasteiger partial charge in [-0.3, -0.25) is 0 Å². The number of nitrogens with one attached hydrogen (secondary N) is 1. The van der Waals surface area contributed by atoms with E-state index >= 15 is 0 Å². The summed E-state index contributed by atoms with van der Waals surface area (Å²) < 4.78 is 0. The Balaban J connectivity index is 2.23. The summed E-state index contributed by atoms with van der Waals surface area (Å²) >= 11 is 0. The highest BCUT2D eigenvalue weighted by Gasteiger charge is 2.23. The molecule has 0 aromatic carbocycles. The molecule has 1 rings (SSSR count). The summed E-state index contributed by atoms with van der Waals surface area (Å²) in [7, 11) is 0. The third-order valence-electron chi connectivity index (χ3n) is 2.89. The Kier molecular flexibility index (Phi) is 5.32. The van der Waals surface area contributed by atoms with E-state index < -0.39 is 0 Å². The lowest BCUT2D eigenvalue weighted by Gasteiger charge is -2.27. The van der Waals surface area contributed by atoms with E-state index in [2.05, 4.69) is 23.5 Å². The van der Waals surface area contributed by atoms with E-state index in [1.807, 2.05) is 6.92 Å². The molecule has 1 aliphatic rings. The number of allylic oxidation sites excluding steroid dienone is 1. The first-order chi connectivity index (χ1) is 6.88. The Hall–Kier alpha value is -0.810. The van der Waals surface area contributed by atoms with Crippen molar-refractivity contribution in [3.63, 3.8) is 0 Å². The van der Waals surface area contributed by atoms with Gasteiger partial charge in [0.05, 0.1) is 12.0 Å². The number of rotatable bonds is 4. The normalized spacial score (nSPS) is 27.7. The number of hydrogen-bond acceptors (Lipinski definition) is 2. The van der Waals surface area contributed by atoms with Crippen molar-refractivity contribution < 1.29 is 0 Å². The summed E-state index contributed by atoms with van der Waals surface area (Å²) in [5, 5.41) is 12.4. The van der Waals surface area contributed by atoms with Crippen LogP contribution in [-0.2, 0) is 0 Å². The van der Waals surface area contributed by atoms with Gasteiger partial charge >= 0.3 is 0 Å². The van der Waals surface area contributed by atoms with E-state index in [4.69, 9.17) is 5.26 Å². The fourth-order valence-corrected chi connectivity index (χ4v) is 2.05. The lowest BCUT2D eigenvalue weighted by molar-refractivity contribution is 0.315. The summed E-state index contributed by atoms with van der Waals surface area (Å²) in [6, 6.07) is 2.86. The Morgan fingerprint density at radius 3 is 2.93 bits per heavy atom. The van der Waals surface area contributed by atoms with Gasteiger partial charge in [-0.1, -0.05) is 25.0 Å². The van der Waals surface area contributed by atoms with Gasteiger partial charge in [-0.25, -0.2) is 0 Å². The molecule has 14 heavy (non-hydrogen) atoms. The standard InChI is InChI=1S/C12H20N2/c1-2-3-6-9-14-12-8-5-4-7-11(12)10-13/h2-3,11-12,14H,4-9H2,1H3/b3-2+. The van der Waals surface area contributed by atoms with Crippen LogP contribution in [0.25, 0.3) is 0 Å². The zero-order chi connectivity index (χ0) is 10.2. The smallest absolute Gasteiger partial charge is 0.0672 e. The number of hydrogen-bond donors (Lipinski definition) is 1. The minimum atomic E-state index is 0.245. The molecule has 2 nitrogen and oxygen atoms in total. The van der Waals surface area contributed by atoms with Gasteiger partial charge in [-0.2, -0.15) is 5.26 Å². The summed E-state index contributed by atoms with van der Waals surface area (Å²) in [5.41, 5.74) is 0. The second-order valence-electron chi connectivity index (χ2n) is 3.94. The lowest BCUT2D eigenvalue weighted by Crippen LogP contribution is -2.38. The number of nitriles is 1. The summed E-state index contributed by atoms with van der Waals surface area (Å²) in [6.45, 7) is 3.05. The van der Waals surface area contributed by atoms with Crippen LogP contribution >= 0.6 is 0 Å². The molecule has 1 fully saturated rings. The molecule has 1 N–H and O–H groups in total. The van der Waals surface area contributed by atoms with Crippen LogP contribution in [0, 0.1) is 17.2 Å². The highest BCUT2D eigenvalue weighted by Crippen LogP contribution is 2.23. The van der Waals surface area contributed by atoms with Gasteiger partial charge in [0, 0.05) is 6.04 Å². The Morgan fingerprint density at radius 2 is 2.21 bits per heavy atom. The van der Waals surface area contributed by atoms with E-state index in [0.717, 1.165) is 19.4 Å². The molecule has 0 spiro atoms. The molecule has 1 aliphatic carbocycles. The Bertz CT molecular complexity index is 215. The SMILES string of the molecule is C/C=C/CCNC1CCCCC1C#N. The van der Waals surface area contributed by atoms with E-state index in [0.29, 0.717) is 6.04 Å². The van der Waals surface area contributed by atoms with Crippen LogP contribution in [0.3, 0.4) is 0 Å². The van der Waals surface area contributed by atoms with Crippen LogP contribution in [0.4, 0.5) is 0 Å². The molecule has 2 atom stereocenters. The van der Waals surface area contributed by atoms with Crippen LogP contribution in [-0.4, -0.2) is 12.6 Å². The van der Waals surface area contributed by atoms with Gasteiger partial charge in [0.25, 0.3) is 0 Å². The Morgan fingerprint density at radius 1 is 1.43 bits per heavy atom. The quantitative estimate of drug-likeness (QED) is 0.549. The second-order valence-corrected chi connectivity index (χ2v) is 3.94. The second kappa shape index (κ2) is 6.62. The molecule has 0 heterocycles. The van der Waals surface area contributed by atoms with E-state index in [-0.39, 0.29) is 5.92 Å². The molecule has 0 radical (unpaired) electrons. The molecule has 1 saturated carbocycles. The molecule has 0 aromatic heterocycles. The van der Waals surface area contributed by atoms with Gasteiger partial charge < -0.3 is 5.32 Å². The van der Waals surface area contributed by atoms with Gasteiger partial charge in [-0.15, -0.1) is 0 Å². The van der Waals surface area contributed by atoms with Crippen molar-refractivity contribution in [2.45, 2.75) is 45.1 Å². The average molecular weight is 192 g/mol. The molecule has 0 amide bonds. The van der Waals surface area contributed by atoms with Gasteiger partial charge in [0.2, 0.25) is 0 Å². The third kappa shape index (κ3) is 3.51. The van der Waals surface area contributed by atoms with Crippen molar-refractivity contribution in [1.82, 2.24) is 5.32 Å². The van der Waals surface area contributed by atoms with Gasteiger partial charge in [0.15, 0.2) is 0 Å². The fourth-order valence-electron chi connectivity index (χ4n) is 2.05. The molecule has 0 aromatic rings. The van der Waals surface area contributed by atoms with Crippen LogP contribution in [0.15, 0.2) is 12.2 Å². The number of nitrogens with zero attached hydrogens (tertiary/aromatic N) is 1. The maximum Gasteiger partial charge on any atom is 0.0672 e. The highest BCUT2D eigenvalue weighted by atomic mass is 14.9. The van der Waals surface area contributed by atoms with Crippen LogP contribution in [0.1, 0.15) is 39.0 Å². The van der Waals surface area contributed by atoms with Crippen molar-refractivity contribution in [2.75, 3.05) is 6.54 Å². The monoisotopic (exact) mass is 192 g/mol. The minimum absolute atomic E-state index is 0.245. The zero-order valence-corrected chi connectivity index (χ0v) is 9.00. The molecule has 2 unspecified atom stereocenters. The molecule has 0 saturated heterocycles. The summed E-state index contributed by atoms with van der Waals surface area (Å²) in [6.07, 6.45) is 10.1. The van der Waals surface area contributed by atoms with Crippen LogP contribution < -0.4 is 5.32 Å². The van der Waals surface area contributed by atoms with Crippen molar-refractivity contribution in [1.29, 1.82) is 5.26 Å². The van der Waals surface area contributed by atoms with Crippen LogP contribution in [0.5, 0.6) is 0 Å². The van der Waals surface area contributed by atoms with Gasteiger partial charge in [0.1, 0.15) is 0 Å².